The average molecular weight is 449 g/mol. The Labute approximate surface area is 196 Å². The lowest BCUT2D eigenvalue weighted by Crippen LogP contribution is -2.41. The molecule has 5 aromatic rings. The van der Waals surface area contributed by atoms with Crippen molar-refractivity contribution in [1.29, 1.82) is 0 Å². The number of fused-ring (bicyclic) bond motifs is 2. The van der Waals surface area contributed by atoms with E-state index in [9.17, 15) is 4.79 Å². The van der Waals surface area contributed by atoms with Gasteiger partial charge in [0.05, 0.1) is 11.0 Å². The third kappa shape index (κ3) is 3.71. The molecule has 1 aliphatic rings. The molecule has 2 amide bonds. The minimum absolute atomic E-state index is 0.0411. The van der Waals surface area contributed by atoms with Crippen LogP contribution >= 0.6 is 0 Å². The van der Waals surface area contributed by atoms with Crippen molar-refractivity contribution in [2.24, 2.45) is 0 Å². The molecule has 6 rings (SSSR count). The van der Waals surface area contributed by atoms with Crippen molar-refractivity contribution in [3.63, 3.8) is 0 Å². The van der Waals surface area contributed by atoms with Gasteiger partial charge < -0.3 is 15.2 Å². The summed E-state index contributed by atoms with van der Waals surface area (Å²) in [5.74, 6) is 0. The number of carbonyl (C=O) groups excluding carboxylic acids is 1. The number of benzene rings is 2. The summed E-state index contributed by atoms with van der Waals surface area (Å²) in [5, 5.41) is 4.18. The number of aromatic amines is 1. The van der Waals surface area contributed by atoms with Crippen LogP contribution in [0.1, 0.15) is 17.5 Å². The molecule has 2 aromatic carbocycles. The third-order valence-corrected chi connectivity index (χ3v) is 6.41. The van der Waals surface area contributed by atoms with Gasteiger partial charge in [0, 0.05) is 48.7 Å². The summed E-state index contributed by atoms with van der Waals surface area (Å²) in [6.07, 6.45) is 8.60. The maximum Gasteiger partial charge on any atom is 0.317 e. The zero-order valence-corrected chi connectivity index (χ0v) is 18.6. The van der Waals surface area contributed by atoms with E-state index >= 15 is 0 Å². The highest BCUT2D eigenvalue weighted by Gasteiger charge is 2.19. The van der Waals surface area contributed by atoms with Crippen LogP contribution in [0, 0.1) is 0 Å². The van der Waals surface area contributed by atoms with E-state index in [0.717, 1.165) is 39.7 Å². The number of urea groups is 1. The number of pyridine rings is 1. The molecule has 168 valence electrons. The molecule has 3 aromatic heterocycles. The quantitative estimate of drug-likeness (QED) is 0.410. The van der Waals surface area contributed by atoms with Gasteiger partial charge in [0.2, 0.25) is 0 Å². The fourth-order valence-corrected chi connectivity index (χ4v) is 4.55. The van der Waals surface area contributed by atoms with Crippen molar-refractivity contribution < 1.29 is 4.79 Å². The highest BCUT2D eigenvalue weighted by atomic mass is 16.2. The molecule has 0 radical (unpaired) electrons. The first kappa shape index (κ1) is 20.2. The summed E-state index contributed by atoms with van der Waals surface area (Å²) in [6.45, 7) is 1.78. The fraction of sp³-hybridized carbons (Fsp3) is 0.148. The molecule has 34 heavy (non-hydrogen) atoms. The van der Waals surface area contributed by atoms with Gasteiger partial charge in [-0.25, -0.2) is 14.8 Å². The smallest absolute Gasteiger partial charge is 0.317 e. The van der Waals surface area contributed by atoms with Crippen LogP contribution in [0.5, 0.6) is 0 Å². The lowest BCUT2D eigenvalue weighted by Gasteiger charge is -2.26. The van der Waals surface area contributed by atoms with E-state index in [-0.39, 0.29) is 6.03 Å². The summed E-state index contributed by atoms with van der Waals surface area (Å²) in [6, 6.07) is 20.3. The maximum atomic E-state index is 12.7. The monoisotopic (exact) mass is 448 g/mol. The molecular formula is C27H24N6O. The van der Waals surface area contributed by atoms with Crippen molar-refractivity contribution in [2.45, 2.75) is 13.0 Å². The molecule has 7 heteroatoms. The minimum atomic E-state index is -0.0411. The number of carbonyl (C=O) groups is 1. The Hall–Kier alpha value is -4.39. The standard InChI is InChI=1S/C27H24N6O/c34-27(32-14-11-20(12-15-32)23-17-29-26-22(23)4-3-13-28-26)30-16-19-7-9-21(10-8-19)33-18-31-24-5-1-2-6-25(24)33/h1-11,13,17-18H,12,14-16H2,(H,28,29)(H,30,34). The van der Waals surface area contributed by atoms with E-state index in [4.69, 9.17) is 0 Å². The number of nitrogens with one attached hydrogen (secondary N) is 2. The SMILES string of the molecule is O=C(NCc1ccc(-n2cnc3ccccc32)cc1)N1CC=C(c2c[nH]c3ncccc23)CC1. The molecule has 2 N–H and O–H groups in total. The van der Waals surface area contributed by atoms with Crippen molar-refractivity contribution in [2.75, 3.05) is 13.1 Å². The Morgan fingerprint density at radius 2 is 1.91 bits per heavy atom. The van der Waals surface area contributed by atoms with Gasteiger partial charge in [0.1, 0.15) is 12.0 Å². The van der Waals surface area contributed by atoms with Gasteiger partial charge in [-0.3, -0.25) is 4.57 Å². The van der Waals surface area contributed by atoms with Crippen LogP contribution < -0.4 is 5.32 Å². The van der Waals surface area contributed by atoms with E-state index in [1.165, 1.54) is 11.1 Å². The minimum Gasteiger partial charge on any atom is -0.346 e. The van der Waals surface area contributed by atoms with Crippen LogP contribution in [0.2, 0.25) is 0 Å². The molecule has 0 unspecified atom stereocenters. The van der Waals surface area contributed by atoms with E-state index < -0.39 is 0 Å². The fourth-order valence-electron chi connectivity index (χ4n) is 4.55. The topological polar surface area (TPSA) is 78.8 Å². The molecule has 0 fully saturated rings. The Balaban J connectivity index is 1.08. The molecule has 0 saturated heterocycles. The van der Waals surface area contributed by atoms with Crippen molar-refractivity contribution in [3.05, 3.63) is 96.6 Å². The van der Waals surface area contributed by atoms with Crippen LogP contribution in [0.15, 0.2) is 85.5 Å². The van der Waals surface area contributed by atoms with Gasteiger partial charge in [-0.15, -0.1) is 0 Å². The van der Waals surface area contributed by atoms with E-state index in [2.05, 4.69) is 55.2 Å². The molecule has 0 aliphatic carbocycles. The number of amides is 2. The molecule has 0 saturated carbocycles. The number of nitrogens with zero attached hydrogens (tertiary/aromatic N) is 4. The number of para-hydroxylation sites is 2. The predicted molar refractivity (Wildman–Crippen MR) is 134 cm³/mol. The number of hydrogen-bond acceptors (Lipinski definition) is 3. The Kier molecular flexibility index (Phi) is 5.07. The normalized spacial score (nSPS) is 13.9. The van der Waals surface area contributed by atoms with Crippen molar-refractivity contribution in [3.8, 4) is 5.69 Å². The van der Waals surface area contributed by atoms with Gasteiger partial charge in [-0.1, -0.05) is 30.3 Å². The summed E-state index contributed by atoms with van der Waals surface area (Å²) < 4.78 is 2.07. The first-order chi connectivity index (χ1) is 16.8. The Bertz CT molecular complexity index is 1510. The first-order valence-corrected chi connectivity index (χ1v) is 11.4. The third-order valence-electron chi connectivity index (χ3n) is 6.41. The Morgan fingerprint density at radius 1 is 1.03 bits per heavy atom. The second-order valence-electron chi connectivity index (χ2n) is 8.46. The summed E-state index contributed by atoms with van der Waals surface area (Å²) >= 11 is 0. The summed E-state index contributed by atoms with van der Waals surface area (Å²) in [4.78, 5) is 26.6. The van der Waals surface area contributed by atoms with Crippen LogP contribution in [0.4, 0.5) is 4.79 Å². The highest BCUT2D eigenvalue weighted by molar-refractivity contribution is 5.91. The summed E-state index contributed by atoms with van der Waals surface area (Å²) in [7, 11) is 0. The van der Waals surface area contributed by atoms with Gasteiger partial charge in [0.25, 0.3) is 0 Å². The number of aromatic nitrogens is 4. The second-order valence-corrected chi connectivity index (χ2v) is 8.46. The number of H-pyrrole nitrogens is 1. The first-order valence-electron chi connectivity index (χ1n) is 11.4. The van der Waals surface area contributed by atoms with Crippen LogP contribution in [0.25, 0.3) is 33.3 Å². The molecule has 0 bridgehead atoms. The number of rotatable bonds is 4. The van der Waals surface area contributed by atoms with E-state index in [1.807, 2.05) is 53.8 Å². The number of hydrogen-bond donors (Lipinski definition) is 2. The molecule has 4 heterocycles. The van der Waals surface area contributed by atoms with Gasteiger partial charge in [-0.2, -0.15) is 0 Å². The average Bonchev–Trinajstić information content (AvgIpc) is 3.52. The van der Waals surface area contributed by atoms with Crippen molar-refractivity contribution in [1.82, 2.24) is 29.7 Å². The van der Waals surface area contributed by atoms with Crippen molar-refractivity contribution >= 4 is 33.7 Å². The second kappa shape index (κ2) is 8.51. The van der Waals surface area contributed by atoms with E-state index in [0.29, 0.717) is 19.6 Å². The molecule has 0 spiro atoms. The molecule has 7 nitrogen and oxygen atoms in total. The lowest BCUT2D eigenvalue weighted by molar-refractivity contribution is 0.202. The number of imidazole rings is 1. The molecular weight excluding hydrogens is 424 g/mol. The zero-order valence-electron chi connectivity index (χ0n) is 18.6. The van der Waals surface area contributed by atoms with E-state index in [1.54, 1.807) is 6.20 Å². The predicted octanol–water partition coefficient (Wildman–Crippen LogP) is 4.90. The van der Waals surface area contributed by atoms with Gasteiger partial charge in [-0.05, 0) is 54.0 Å². The van der Waals surface area contributed by atoms with Gasteiger partial charge in [0.15, 0.2) is 0 Å². The van der Waals surface area contributed by atoms with Crippen LogP contribution in [-0.2, 0) is 6.54 Å². The maximum absolute atomic E-state index is 12.7. The highest BCUT2D eigenvalue weighted by Crippen LogP contribution is 2.28. The zero-order chi connectivity index (χ0) is 22.9. The van der Waals surface area contributed by atoms with Gasteiger partial charge >= 0.3 is 6.03 Å². The lowest BCUT2D eigenvalue weighted by atomic mass is 10.00. The largest absolute Gasteiger partial charge is 0.346 e. The van der Waals surface area contributed by atoms with Crippen LogP contribution in [0.3, 0.4) is 0 Å². The molecule has 0 atom stereocenters. The molecule has 1 aliphatic heterocycles. The summed E-state index contributed by atoms with van der Waals surface area (Å²) in [5.41, 5.74) is 7.47. The van der Waals surface area contributed by atoms with Crippen LogP contribution in [-0.4, -0.2) is 43.5 Å². The Morgan fingerprint density at radius 3 is 2.76 bits per heavy atom.